The lowest BCUT2D eigenvalue weighted by Crippen LogP contribution is -2.13. The van der Waals surface area contributed by atoms with Crippen LogP contribution in [0.5, 0.6) is 0 Å². The zero-order valence-corrected chi connectivity index (χ0v) is 10.7. The van der Waals surface area contributed by atoms with Gasteiger partial charge in [-0.05, 0) is 24.3 Å². The number of hydrogen-bond acceptors (Lipinski definition) is 3. The van der Waals surface area contributed by atoms with Gasteiger partial charge < -0.3 is 10.4 Å². The van der Waals surface area contributed by atoms with E-state index in [4.69, 9.17) is 5.11 Å². The molecule has 21 heavy (non-hydrogen) atoms. The Bertz CT molecular complexity index is 736. The number of carbonyl (C=O) groups excluding carboxylic acids is 1. The molecule has 2 N–H and O–H groups in total. The first kappa shape index (κ1) is 14.6. The molecule has 0 aliphatic heterocycles. The van der Waals surface area contributed by atoms with Crippen LogP contribution in [0.15, 0.2) is 36.7 Å². The highest BCUT2D eigenvalue weighted by atomic mass is 19.1. The maximum absolute atomic E-state index is 13.7. The smallest absolute Gasteiger partial charge is 0.255 e. The second-order valence-electron chi connectivity index (χ2n) is 3.96. The summed E-state index contributed by atoms with van der Waals surface area (Å²) in [5.74, 6) is 2.69. The summed E-state index contributed by atoms with van der Waals surface area (Å²) >= 11 is 0. The van der Waals surface area contributed by atoms with Crippen molar-refractivity contribution in [1.82, 2.24) is 4.98 Å². The van der Waals surface area contributed by atoms with Crippen LogP contribution in [0.1, 0.15) is 15.9 Å². The Kier molecular flexibility index (Phi) is 4.59. The van der Waals surface area contributed by atoms with Crippen molar-refractivity contribution in [3.8, 4) is 11.8 Å². The van der Waals surface area contributed by atoms with E-state index in [9.17, 15) is 13.6 Å². The summed E-state index contributed by atoms with van der Waals surface area (Å²) in [6.07, 6.45) is 2.29. The molecule has 6 heteroatoms. The number of aromatic nitrogens is 1. The Labute approximate surface area is 119 Å². The number of pyridine rings is 1. The van der Waals surface area contributed by atoms with E-state index in [1.54, 1.807) is 0 Å². The number of halogens is 2. The van der Waals surface area contributed by atoms with E-state index in [0.717, 1.165) is 12.3 Å². The first-order valence-corrected chi connectivity index (χ1v) is 5.92. The van der Waals surface area contributed by atoms with Gasteiger partial charge in [0.1, 0.15) is 12.4 Å². The third-order valence-corrected chi connectivity index (χ3v) is 2.55. The van der Waals surface area contributed by atoms with Crippen LogP contribution in [0, 0.1) is 23.5 Å². The van der Waals surface area contributed by atoms with Gasteiger partial charge in [-0.3, -0.25) is 9.78 Å². The maximum atomic E-state index is 13.7. The molecule has 0 saturated heterocycles. The summed E-state index contributed by atoms with van der Waals surface area (Å²) in [7, 11) is 0. The third kappa shape index (κ3) is 3.61. The summed E-state index contributed by atoms with van der Waals surface area (Å²) in [5, 5.41) is 10.9. The van der Waals surface area contributed by atoms with E-state index in [-0.39, 0.29) is 23.4 Å². The quantitative estimate of drug-likeness (QED) is 0.830. The monoisotopic (exact) mass is 288 g/mol. The van der Waals surface area contributed by atoms with Crippen molar-refractivity contribution >= 4 is 11.6 Å². The average Bonchev–Trinajstić information content (AvgIpc) is 2.48. The minimum absolute atomic E-state index is 0.0262. The van der Waals surface area contributed by atoms with Crippen LogP contribution in [-0.2, 0) is 0 Å². The maximum Gasteiger partial charge on any atom is 0.255 e. The van der Waals surface area contributed by atoms with E-state index in [2.05, 4.69) is 22.1 Å². The van der Waals surface area contributed by atoms with E-state index < -0.39 is 17.5 Å². The van der Waals surface area contributed by atoms with Gasteiger partial charge in [0, 0.05) is 11.8 Å². The molecule has 0 spiro atoms. The van der Waals surface area contributed by atoms with Crippen LogP contribution in [0.2, 0.25) is 0 Å². The van der Waals surface area contributed by atoms with Gasteiger partial charge in [-0.15, -0.1) is 0 Å². The van der Waals surface area contributed by atoms with Gasteiger partial charge in [-0.25, -0.2) is 8.78 Å². The number of aliphatic hydroxyl groups is 1. The van der Waals surface area contributed by atoms with Crippen molar-refractivity contribution in [2.75, 3.05) is 11.9 Å². The van der Waals surface area contributed by atoms with Gasteiger partial charge in [0.25, 0.3) is 5.91 Å². The standard InChI is InChI=1S/C15H10F2N2O2/c16-12-8-11(4-3-10(12)2-1-7-20)15(21)19-14-5-6-18-9-13(14)17/h3-6,8-9,20H,7H2,(H,18,19,21). The SMILES string of the molecule is O=C(Nc1ccncc1F)c1ccc(C#CCO)c(F)c1. The van der Waals surface area contributed by atoms with Gasteiger partial charge in [-0.2, -0.15) is 0 Å². The van der Waals surface area contributed by atoms with Crippen molar-refractivity contribution in [1.29, 1.82) is 0 Å². The minimum Gasteiger partial charge on any atom is -0.384 e. The fraction of sp³-hybridized carbons (Fsp3) is 0.0667. The highest BCUT2D eigenvalue weighted by Gasteiger charge is 2.11. The molecule has 1 amide bonds. The summed E-state index contributed by atoms with van der Waals surface area (Å²) < 4.78 is 27.1. The first-order chi connectivity index (χ1) is 10.1. The van der Waals surface area contributed by atoms with Gasteiger partial charge in [-0.1, -0.05) is 11.8 Å². The van der Waals surface area contributed by atoms with Crippen molar-refractivity contribution in [2.24, 2.45) is 0 Å². The van der Waals surface area contributed by atoms with Gasteiger partial charge in [0.2, 0.25) is 0 Å². The normalized spacial score (nSPS) is 9.67. The van der Waals surface area contributed by atoms with Crippen LogP contribution in [0.4, 0.5) is 14.5 Å². The molecule has 2 aromatic rings. The van der Waals surface area contributed by atoms with Crippen molar-refractivity contribution in [3.63, 3.8) is 0 Å². The van der Waals surface area contributed by atoms with E-state index in [1.165, 1.54) is 24.4 Å². The van der Waals surface area contributed by atoms with E-state index >= 15 is 0 Å². The Hall–Kier alpha value is -2.78. The van der Waals surface area contributed by atoms with Crippen LogP contribution >= 0.6 is 0 Å². The minimum atomic E-state index is -0.696. The highest BCUT2D eigenvalue weighted by molar-refractivity contribution is 6.04. The molecule has 4 nitrogen and oxygen atoms in total. The molecule has 0 atom stereocenters. The van der Waals surface area contributed by atoms with Gasteiger partial charge >= 0.3 is 0 Å². The number of anilines is 1. The van der Waals surface area contributed by atoms with Crippen molar-refractivity contribution < 1.29 is 18.7 Å². The molecule has 0 aliphatic carbocycles. The highest BCUT2D eigenvalue weighted by Crippen LogP contribution is 2.14. The Morgan fingerprint density at radius 2 is 2.10 bits per heavy atom. The first-order valence-electron chi connectivity index (χ1n) is 5.92. The average molecular weight is 288 g/mol. The predicted molar refractivity (Wildman–Crippen MR) is 72.5 cm³/mol. The Morgan fingerprint density at radius 1 is 1.29 bits per heavy atom. The lowest BCUT2D eigenvalue weighted by molar-refractivity contribution is 0.102. The summed E-state index contributed by atoms with van der Waals surface area (Å²) in [6, 6.07) is 4.97. The third-order valence-electron chi connectivity index (χ3n) is 2.55. The van der Waals surface area contributed by atoms with Crippen LogP contribution < -0.4 is 5.32 Å². The molecule has 1 heterocycles. The molecule has 0 unspecified atom stereocenters. The summed E-state index contributed by atoms with van der Waals surface area (Å²) in [6.45, 7) is -0.386. The zero-order chi connectivity index (χ0) is 15.2. The van der Waals surface area contributed by atoms with Crippen molar-refractivity contribution in [2.45, 2.75) is 0 Å². The Balaban J connectivity index is 2.21. The number of rotatable bonds is 2. The van der Waals surface area contributed by atoms with E-state index in [0.29, 0.717) is 0 Å². The second kappa shape index (κ2) is 6.59. The summed E-state index contributed by atoms with van der Waals surface area (Å²) in [4.78, 5) is 15.5. The molecule has 0 saturated carbocycles. The van der Waals surface area contributed by atoms with Crippen LogP contribution in [0.25, 0.3) is 0 Å². The molecular formula is C15H10F2N2O2. The molecule has 0 radical (unpaired) electrons. The molecule has 106 valence electrons. The number of amides is 1. The lowest BCUT2D eigenvalue weighted by atomic mass is 10.1. The Morgan fingerprint density at radius 3 is 2.76 bits per heavy atom. The molecule has 2 rings (SSSR count). The van der Waals surface area contributed by atoms with Gasteiger partial charge in [0.15, 0.2) is 5.82 Å². The molecular weight excluding hydrogens is 278 g/mol. The predicted octanol–water partition coefficient (Wildman–Crippen LogP) is 1.96. The zero-order valence-electron chi connectivity index (χ0n) is 10.7. The second-order valence-corrected chi connectivity index (χ2v) is 3.96. The topological polar surface area (TPSA) is 62.2 Å². The number of benzene rings is 1. The molecule has 0 aliphatic rings. The van der Waals surface area contributed by atoms with E-state index in [1.807, 2.05) is 0 Å². The molecule has 0 bridgehead atoms. The molecule has 1 aromatic carbocycles. The molecule has 0 fully saturated rings. The fourth-order valence-corrected chi connectivity index (χ4v) is 1.56. The number of carbonyl (C=O) groups is 1. The largest absolute Gasteiger partial charge is 0.384 e. The van der Waals surface area contributed by atoms with Crippen molar-refractivity contribution in [3.05, 3.63) is 59.4 Å². The number of aliphatic hydroxyl groups excluding tert-OH is 1. The van der Waals surface area contributed by atoms with Crippen LogP contribution in [0.3, 0.4) is 0 Å². The van der Waals surface area contributed by atoms with Crippen LogP contribution in [-0.4, -0.2) is 22.6 Å². The van der Waals surface area contributed by atoms with Gasteiger partial charge in [0.05, 0.1) is 17.4 Å². The lowest BCUT2D eigenvalue weighted by Gasteiger charge is -2.06. The summed E-state index contributed by atoms with van der Waals surface area (Å²) in [5.41, 5.74) is 0.0495. The number of hydrogen-bond donors (Lipinski definition) is 2. The molecule has 1 aromatic heterocycles. The fourth-order valence-electron chi connectivity index (χ4n) is 1.56. The number of nitrogens with zero attached hydrogens (tertiary/aromatic N) is 1. The number of nitrogens with one attached hydrogen (secondary N) is 1.